The fourth-order valence-corrected chi connectivity index (χ4v) is 8.78. The third-order valence-corrected chi connectivity index (χ3v) is 13.2. The highest BCUT2D eigenvalue weighted by Gasteiger charge is 2.24. The first-order chi connectivity index (χ1) is 32.5. The summed E-state index contributed by atoms with van der Waals surface area (Å²) in [6, 6.07) is -0.711. The fraction of sp³-hybridized carbons (Fsp3) is 0.833. The Kier molecular flexibility index (Phi) is 52.0. The van der Waals surface area contributed by atoms with Gasteiger partial charge in [-0.05, 0) is 64.2 Å². The Labute approximate surface area is 410 Å². The largest absolute Gasteiger partial charge is 0.462 e. The van der Waals surface area contributed by atoms with Gasteiger partial charge in [0.15, 0.2) is 0 Å². The summed E-state index contributed by atoms with van der Waals surface area (Å²) in [4.78, 5) is 26.2. The number of ether oxygens (including phenoxy) is 1. The van der Waals surface area contributed by atoms with E-state index < -0.39 is 18.2 Å². The molecule has 66 heavy (non-hydrogen) atoms. The van der Waals surface area contributed by atoms with Crippen molar-refractivity contribution in [2.75, 3.05) is 6.61 Å². The third kappa shape index (κ3) is 48.3. The number of hydrogen-bond acceptors (Lipinski definition) is 5. The Morgan fingerprint density at radius 3 is 1.17 bits per heavy atom. The maximum Gasteiger partial charge on any atom is 0.306 e. The predicted molar refractivity (Wildman–Crippen MR) is 287 cm³/mol. The Morgan fingerprint density at radius 1 is 0.439 bits per heavy atom. The molecule has 0 saturated carbocycles. The van der Waals surface area contributed by atoms with E-state index in [0.717, 1.165) is 64.2 Å². The monoisotopic (exact) mass is 926 g/mol. The van der Waals surface area contributed by atoms with Gasteiger partial charge in [0.2, 0.25) is 5.91 Å². The van der Waals surface area contributed by atoms with Crippen LogP contribution in [0.1, 0.15) is 297 Å². The van der Waals surface area contributed by atoms with Crippen molar-refractivity contribution >= 4 is 11.9 Å². The van der Waals surface area contributed by atoms with Gasteiger partial charge in [-0.25, -0.2) is 0 Å². The molecule has 3 atom stereocenters. The van der Waals surface area contributed by atoms with E-state index in [-0.39, 0.29) is 24.9 Å². The average Bonchev–Trinajstić information content (AvgIpc) is 3.31. The second-order valence-corrected chi connectivity index (χ2v) is 19.7. The van der Waals surface area contributed by atoms with Gasteiger partial charge in [0.05, 0.1) is 25.2 Å². The van der Waals surface area contributed by atoms with Crippen molar-refractivity contribution in [1.82, 2.24) is 5.32 Å². The predicted octanol–water partition coefficient (Wildman–Crippen LogP) is 17.8. The standard InChI is InChI=1S/C60H111NO5/c1-4-7-10-13-16-19-22-25-28-30-32-35-38-41-44-47-50-53-60(65)66-56(51-48-45-42-39-36-33-31-29-26-23-20-17-14-11-8-5-2)54-59(64)61-57(55-62)58(63)52-49-46-43-40-37-34-27-24-21-18-15-12-9-6-3/h16,19,25,28,32,35,41,44,56-58,62-63H,4-15,17-18,20-24,26-27,29-31,33-34,36-40,42-43,45-55H2,1-3H3,(H,61,64)/b19-16-,28-25-,35-32-,44-41-. The summed E-state index contributed by atoms with van der Waals surface area (Å²) in [5.41, 5.74) is 0. The van der Waals surface area contributed by atoms with E-state index in [1.165, 1.54) is 180 Å². The Balaban J connectivity index is 4.63. The molecule has 6 heteroatoms. The summed E-state index contributed by atoms with van der Waals surface area (Å²) in [6.45, 7) is 6.48. The van der Waals surface area contributed by atoms with Gasteiger partial charge in [0, 0.05) is 6.42 Å². The highest BCUT2D eigenvalue weighted by Crippen LogP contribution is 2.18. The highest BCUT2D eigenvalue weighted by atomic mass is 16.5. The quantitative estimate of drug-likeness (QED) is 0.0321. The molecular formula is C60H111NO5. The number of hydrogen-bond donors (Lipinski definition) is 3. The molecule has 0 bridgehead atoms. The van der Waals surface area contributed by atoms with Gasteiger partial charge in [-0.2, -0.15) is 0 Å². The van der Waals surface area contributed by atoms with E-state index in [2.05, 4.69) is 74.7 Å². The van der Waals surface area contributed by atoms with Gasteiger partial charge in [-0.15, -0.1) is 0 Å². The number of unbranched alkanes of at least 4 members (excludes halogenated alkanes) is 32. The number of aliphatic hydroxyl groups is 2. The number of carbonyl (C=O) groups excluding carboxylic acids is 2. The first kappa shape index (κ1) is 63.8. The van der Waals surface area contributed by atoms with Gasteiger partial charge in [-0.3, -0.25) is 9.59 Å². The lowest BCUT2D eigenvalue weighted by atomic mass is 10.0. The van der Waals surface area contributed by atoms with Crippen molar-refractivity contribution in [3.8, 4) is 0 Å². The Bertz CT molecular complexity index is 1130. The number of esters is 1. The van der Waals surface area contributed by atoms with Crippen LogP contribution in [0.5, 0.6) is 0 Å². The van der Waals surface area contributed by atoms with Crippen molar-refractivity contribution in [1.29, 1.82) is 0 Å². The van der Waals surface area contributed by atoms with Crippen LogP contribution in [0.2, 0.25) is 0 Å². The maximum atomic E-state index is 13.3. The number of nitrogens with one attached hydrogen (secondary N) is 1. The summed E-state index contributed by atoms with van der Waals surface area (Å²) in [7, 11) is 0. The number of carbonyl (C=O) groups is 2. The molecular weight excluding hydrogens is 815 g/mol. The highest BCUT2D eigenvalue weighted by molar-refractivity contribution is 5.77. The summed E-state index contributed by atoms with van der Waals surface area (Å²) in [6.07, 6.45) is 66.0. The molecule has 0 radical (unpaired) electrons. The van der Waals surface area contributed by atoms with Gasteiger partial charge >= 0.3 is 5.97 Å². The summed E-state index contributed by atoms with van der Waals surface area (Å²) in [5, 5.41) is 23.9. The van der Waals surface area contributed by atoms with Gasteiger partial charge in [0.1, 0.15) is 6.10 Å². The number of amides is 1. The molecule has 0 aliphatic carbocycles. The van der Waals surface area contributed by atoms with Gasteiger partial charge < -0.3 is 20.3 Å². The molecule has 0 aromatic carbocycles. The maximum absolute atomic E-state index is 13.3. The topological polar surface area (TPSA) is 95.9 Å². The number of aliphatic hydroxyl groups excluding tert-OH is 2. The first-order valence-electron chi connectivity index (χ1n) is 28.9. The van der Waals surface area contributed by atoms with Crippen LogP contribution in [-0.4, -0.2) is 46.9 Å². The molecule has 3 unspecified atom stereocenters. The lowest BCUT2D eigenvalue weighted by Gasteiger charge is -2.24. The number of allylic oxidation sites excluding steroid dienone is 8. The Hall–Kier alpha value is -2.18. The van der Waals surface area contributed by atoms with Crippen LogP contribution in [0.3, 0.4) is 0 Å². The minimum absolute atomic E-state index is 0.0593. The molecule has 6 nitrogen and oxygen atoms in total. The molecule has 0 heterocycles. The van der Waals surface area contributed by atoms with Crippen LogP contribution in [0, 0.1) is 0 Å². The molecule has 0 rings (SSSR count). The minimum Gasteiger partial charge on any atom is -0.462 e. The second kappa shape index (κ2) is 53.8. The number of rotatable bonds is 52. The van der Waals surface area contributed by atoms with E-state index in [9.17, 15) is 19.8 Å². The lowest BCUT2D eigenvalue weighted by molar-refractivity contribution is -0.151. The fourth-order valence-electron chi connectivity index (χ4n) is 8.78. The van der Waals surface area contributed by atoms with Crippen LogP contribution < -0.4 is 5.32 Å². The van der Waals surface area contributed by atoms with Crippen molar-refractivity contribution in [2.24, 2.45) is 0 Å². The zero-order valence-electron chi connectivity index (χ0n) is 44.1. The molecule has 386 valence electrons. The van der Waals surface area contributed by atoms with Crippen LogP contribution in [-0.2, 0) is 14.3 Å². The summed E-state index contributed by atoms with van der Waals surface area (Å²) >= 11 is 0. The van der Waals surface area contributed by atoms with E-state index in [4.69, 9.17) is 4.74 Å². The SMILES string of the molecule is CCCCC/C=C\C/C=C\C/C=C\C/C=C\CCCC(=O)OC(CCCCCCCCCCCCCCCCCC)CC(=O)NC(CO)C(O)CCCCCCCCCCCCCCCC. The van der Waals surface area contributed by atoms with E-state index in [1.54, 1.807) is 0 Å². The summed E-state index contributed by atoms with van der Waals surface area (Å²) < 4.78 is 5.94. The van der Waals surface area contributed by atoms with Crippen LogP contribution >= 0.6 is 0 Å². The molecule has 0 aromatic heterocycles. The molecule has 0 saturated heterocycles. The van der Waals surface area contributed by atoms with E-state index >= 15 is 0 Å². The van der Waals surface area contributed by atoms with Crippen LogP contribution in [0.4, 0.5) is 0 Å². The van der Waals surface area contributed by atoms with Gasteiger partial charge in [-0.1, -0.05) is 268 Å². The zero-order valence-corrected chi connectivity index (χ0v) is 44.1. The minimum atomic E-state index is -0.796. The smallest absolute Gasteiger partial charge is 0.306 e. The molecule has 0 fully saturated rings. The average molecular weight is 927 g/mol. The van der Waals surface area contributed by atoms with Crippen LogP contribution in [0.25, 0.3) is 0 Å². The summed E-state index contributed by atoms with van der Waals surface area (Å²) in [5.74, 6) is -0.527. The lowest BCUT2D eigenvalue weighted by Crippen LogP contribution is -2.46. The zero-order chi connectivity index (χ0) is 48.1. The molecule has 0 spiro atoms. The molecule has 0 aliphatic heterocycles. The molecule has 3 N–H and O–H groups in total. The second-order valence-electron chi connectivity index (χ2n) is 19.7. The third-order valence-electron chi connectivity index (χ3n) is 13.2. The Morgan fingerprint density at radius 2 is 0.773 bits per heavy atom. The van der Waals surface area contributed by atoms with E-state index in [0.29, 0.717) is 25.7 Å². The van der Waals surface area contributed by atoms with Crippen molar-refractivity contribution in [3.63, 3.8) is 0 Å². The van der Waals surface area contributed by atoms with Crippen LogP contribution in [0.15, 0.2) is 48.6 Å². The van der Waals surface area contributed by atoms with E-state index in [1.807, 2.05) is 0 Å². The molecule has 1 amide bonds. The molecule has 0 aliphatic rings. The first-order valence-corrected chi connectivity index (χ1v) is 28.9. The van der Waals surface area contributed by atoms with Crippen molar-refractivity contribution in [3.05, 3.63) is 48.6 Å². The van der Waals surface area contributed by atoms with Crippen molar-refractivity contribution in [2.45, 2.75) is 315 Å². The van der Waals surface area contributed by atoms with Crippen molar-refractivity contribution < 1.29 is 24.5 Å². The van der Waals surface area contributed by atoms with Gasteiger partial charge in [0.25, 0.3) is 0 Å². The molecule has 0 aromatic rings. The normalized spacial score (nSPS) is 13.5.